The molecule has 1 unspecified atom stereocenters. The first kappa shape index (κ1) is 12.4. The van der Waals surface area contributed by atoms with Gasteiger partial charge in [-0.3, -0.25) is 20.2 Å². The van der Waals surface area contributed by atoms with Crippen LogP contribution in [0.4, 0.5) is 5.69 Å². The maximum atomic E-state index is 10.6. The average molecular weight is 242 g/mol. The van der Waals surface area contributed by atoms with Gasteiger partial charge in [-0.2, -0.15) is 0 Å². The van der Waals surface area contributed by atoms with Crippen LogP contribution in [-0.2, 0) is 4.79 Å². The number of rotatable bonds is 4. The summed E-state index contributed by atoms with van der Waals surface area (Å²) >= 11 is 0. The van der Waals surface area contributed by atoms with Crippen molar-refractivity contribution < 1.29 is 24.9 Å². The third-order valence-corrected chi connectivity index (χ3v) is 1.90. The molecule has 0 radical (unpaired) electrons. The van der Waals surface area contributed by atoms with Crippen LogP contribution in [-0.4, -0.2) is 26.0 Å². The first-order chi connectivity index (χ1) is 7.82. The van der Waals surface area contributed by atoms with Crippen molar-refractivity contribution in [2.75, 3.05) is 0 Å². The normalized spacial score (nSPS) is 11.8. The number of phenols is 1. The molecule has 0 fully saturated rings. The van der Waals surface area contributed by atoms with Crippen LogP contribution in [0.2, 0.25) is 0 Å². The molecule has 0 aliphatic heterocycles. The molecule has 90 valence electrons. The van der Waals surface area contributed by atoms with E-state index in [-0.39, 0.29) is 0 Å². The second kappa shape index (κ2) is 4.43. The molecule has 9 nitrogen and oxygen atoms in total. The molecule has 1 atom stereocenters. The minimum absolute atomic E-state index is 0.464. The summed E-state index contributed by atoms with van der Waals surface area (Å²) in [7, 11) is 0. The molecule has 0 bridgehead atoms. The van der Waals surface area contributed by atoms with Crippen LogP contribution in [0.1, 0.15) is 11.6 Å². The van der Waals surface area contributed by atoms with Crippen molar-refractivity contribution in [2.45, 2.75) is 6.04 Å². The Bertz CT molecular complexity index is 485. The summed E-state index contributed by atoms with van der Waals surface area (Å²) < 4.78 is 0. The zero-order valence-electron chi connectivity index (χ0n) is 8.14. The lowest BCUT2D eigenvalue weighted by Gasteiger charge is -2.05. The molecular weight excluding hydrogens is 236 g/mol. The van der Waals surface area contributed by atoms with Gasteiger partial charge in [0, 0.05) is 16.6 Å². The number of aromatic hydroxyl groups is 1. The Labute approximate surface area is 93.2 Å². The minimum atomic E-state index is -2.15. The molecular formula is C8H6N2O7. The first-order valence-electron chi connectivity index (χ1n) is 4.17. The molecule has 0 saturated heterocycles. The predicted octanol–water partition coefficient (Wildman–Crippen LogP) is 0.703. The third kappa shape index (κ3) is 2.65. The van der Waals surface area contributed by atoms with E-state index in [9.17, 15) is 25.0 Å². The highest BCUT2D eigenvalue weighted by Gasteiger charge is 2.33. The number of carboxylic acid groups (broad SMARTS) is 1. The van der Waals surface area contributed by atoms with Crippen LogP contribution in [0.5, 0.6) is 5.75 Å². The zero-order valence-corrected chi connectivity index (χ0v) is 8.14. The Balaban J connectivity index is 3.34. The van der Waals surface area contributed by atoms with Gasteiger partial charge < -0.3 is 10.2 Å². The molecule has 0 spiro atoms. The first-order valence-corrected chi connectivity index (χ1v) is 4.17. The molecule has 1 aromatic carbocycles. The quantitative estimate of drug-likeness (QED) is 0.583. The highest BCUT2D eigenvalue weighted by Crippen LogP contribution is 2.27. The number of aliphatic carboxylic acids is 1. The fourth-order valence-corrected chi connectivity index (χ4v) is 1.24. The smallest absolute Gasteiger partial charge is 0.384 e. The van der Waals surface area contributed by atoms with Crippen molar-refractivity contribution in [1.82, 2.24) is 0 Å². The number of phenolic OH excluding ortho intramolecular Hbond substituents is 1. The van der Waals surface area contributed by atoms with E-state index < -0.39 is 38.9 Å². The van der Waals surface area contributed by atoms with Crippen LogP contribution in [0.25, 0.3) is 0 Å². The molecule has 1 rings (SSSR count). The fraction of sp³-hybridized carbons (Fsp3) is 0.125. The van der Waals surface area contributed by atoms with Gasteiger partial charge in [0.05, 0.1) is 11.0 Å². The van der Waals surface area contributed by atoms with Gasteiger partial charge in [-0.1, -0.05) is 0 Å². The molecule has 0 aliphatic carbocycles. The van der Waals surface area contributed by atoms with Gasteiger partial charge in [-0.15, -0.1) is 0 Å². The van der Waals surface area contributed by atoms with Gasteiger partial charge in [0.25, 0.3) is 5.69 Å². The summed E-state index contributed by atoms with van der Waals surface area (Å²) in [5.41, 5.74) is -1.08. The number of hydrogen-bond acceptors (Lipinski definition) is 6. The summed E-state index contributed by atoms with van der Waals surface area (Å²) in [6.45, 7) is 0. The van der Waals surface area contributed by atoms with E-state index in [0.717, 1.165) is 18.2 Å². The molecule has 17 heavy (non-hydrogen) atoms. The van der Waals surface area contributed by atoms with E-state index in [1.807, 2.05) is 0 Å². The van der Waals surface area contributed by atoms with Gasteiger partial charge >= 0.3 is 12.0 Å². The van der Waals surface area contributed by atoms with Gasteiger partial charge in [0.1, 0.15) is 5.75 Å². The largest absolute Gasteiger partial charge is 0.508 e. The van der Waals surface area contributed by atoms with E-state index in [1.54, 1.807) is 0 Å². The lowest BCUT2D eigenvalue weighted by Crippen LogP contribution is -2.20. The van der Waals surface area contributed by atoms with Gasteiger partial charge in [0.15, 0.2) is 0 Å². The number of nitro groups is 2. The number of nitro benzene ring substituents is 1. The molecule has 0 aliphatic rings. The van der Waals surface area contributed by atoms with E-state index in [0.29, 0.717) is 0 Å². The summed E-state index contributed by atoms with van der Waals surface area (Å²) in [6.07, 6.45) is 0. The summed E-state index contributed by atoms with van der Waals surface area (Å²) in [5.74, 6) is -2.38. The van der Waals surface area contributed by atoms with Crippen molar-refractivity contribution >= 4 is 11.7 Å². The van der Waals surface area contributed by atoms with Gasteiger partial charge in [-0.05, 0) is 6.07 Å². The Morgan fingerprint density at radius 2 is 1.82 bits per heavy atom. The predicted molar refractivity (Wildman–Crippen MR) is 52.1 cm³/mol. The fourth-order valence-electron chi connectivity index (χ4n) is 1.24. The third-order valence-electron chi connectivity index (χ3n) is 1.90. The lowest BCUT2D eigenvalue weighted by atomic mass is 10.1. The Morgan fingerprint density at radius 1 is 1.24 bits per heavy atom. The summed E-state index contributed by atoms with van der Waals surface area (Å²) in [4.78, 5) is 29.6. The van der Waals surface area contributed by atoms with E-state index in [2.05, 4.69) is 0 Å². The van der Waals surface area contributed by atoms with Crippen LogP contribution >= 0.6 is 0 Å². The van der Waals surface area contributed by atoms with Crippen LogP contribution in [0.3, 0.4) is 0 Å². The van der Waals surface area contributed by atoms with E-state index in [4.69, 9.17) is 10.2 Å². The van der Waals surface area contributed by atoms with Crippen LogP contribution < -0.4 is 0 Å². The number of benzene rings is 1. The summed E-state index contributed by atoms with van der Waals surface area (Å²) in [6, 6.07) is 0.152. The number of nitrogens with zero attached hydrogens (tertiary/aromatic N) is 2. The van der Waals surface area contributed by atoms with Crippen molar-refractivity contribution in [1.29, 1.82) is 0 Å². The second-order valence-electron chi connectivity index (χ2n) is 3.07. The van der Waals surface area contributed by atoms with E-state index >= 15 is 0 Å². The molecule has 0 heterocycles. The minimum Gasteiger partial charge on any atom is -0.508 e. The maximum absolute atomic E-state index is 10.6. The van der Waals surface area contributed by atoms with Crippen LogP contribution in [0, 0.1) is 20.2 Å². The SMILES string of the molecule is O=C(O)C(c1cc(O)cc([N+](=O)[O-])c1)[N+](=O)[O-]. The molecule has 1 aromatic rings. The Hall–Kier alpha value is -2.71. The van der Waals surface area contributed by atoms with Gasteiger partial charge in [-0.25, -0.2) is 4.79 Å². The van der Waals surface area contributed by atoms with E-state index in [1.165, 1.54) is 0 Å². The molecule has 2 N–H and O–H groups in total. The van der Waals surface area contributed by atoms with Crippen LogP contribution in [0.15, 0.2) is 18.2 Å². The average Bonchev–Trinajstić information content (AvgIpc) is 2.15. The Kier molecular flexibility index (Phi) is 3.22. The number of non-ortho nitro benzene ring substituents is 1. The van der Waals surface area contributed by atoms with Crippen molar-refractivity contribution in [2.24, 2.45) is 0 Å². The second-order valence-corrected chi connectivity index (χ2v) is 3.07. The highest BCUT2D eigenvalue weighted by atomic mass is 16.6. The topological polar surface area (TPSA) is 144 Å². The Morgan fingerprint density at radius 3 is 2.24 bits per heavy atom. The van der Waals surface area contributed by atoms with Crippen molar-refractivity contribution in [3.63, 3.8) is 0 Å². The summed E-state index contributed by atoms with van der Waals surface area (Å²) in [5, 5.41) is 38.7. The van der Waals surface area contributed by atoms with Crippen molar-refractivity contribution in [3.05, 3.63) is 44.0 Å². The maximum Gasteiger partial charge on any atom is 0.384 e. The highest BCUT2D eigenvalue weighted by molar-refractivity contribution is 5.74. The monoisotopic (exact) mass is 242 g/mol. The number of hydrogen-bond donors (Lipinski definition) is 2. The molecule has 9 heteroatoms. The van der Waals surface area contributed by atoms with Crippen molar-refractivity contribution in [3.8, 4) is 5.75 Å². The molecule has 0 amide bonds. The zero-order chi connectivity index (χ0) is 13.2. The lowest BCUT2D eigenvalue weighted by molar-refractivity contribution is -0.516. The standard InChI is InChI=1S/C8H6N2O7/c11-6-2-4(1-5(3-6)9(14)15)7(8(12)13)10(16)17/h1-3,7,11H,(H,12,13). The van der Waals surface area contributed by atoms with Gasteiger partial charge in [0.2, 0.25) is 0 Å². The number of carboxylic acids is 1. The molecule has 0 aromatic heterocycles. The number of carbonyl (C=O) groups is 1. The molecule has 0 saturated carbocycles.